The molecule has 0 radical (unpaired) electrons. The van der Waals surface area contributed by atoms with Gasteiger partial charge in [0.25, 0.3) is 0 Å². The first-order valence-electron chi connectivity index (χ1n) is 3.33. The number of alkyl halides is 5. The van der Waals surface area contributed by atoms with Crippen LogP contribution in [0.15, 0.2) is 12.1 Å². The lowest BCUT2D eigenvalue weighted by Crippen LogP contribution is -2.06. The predicted octanol–water partition coefficient (Wildman–Crippen LogP) is 4.54. The topological polar surface area (TPSA) is 12.9 Å². The predicted molar refractivity (Wildman–Crippen MR) is 54.8 cm³/mol. The highest BCUT2D eigenvalue weighted by molar-refractivity contribution is 9.24. The van der Waals surface area contributed by atoms with Gasteiger partial charge in [0, 0.05) is 0 Å². The van der Waals surface area contributed by atoms with Crippen LogP contribution in [-0.2, 0) is 6.18 Å². The Labute approximate surface area is 99.9 Å². The summed E-state index contributed by atoms with van der Waals surface area (Å²) in [7, 11) is 0. The smallest absolute Gasteiger partial charge is 0.239 e. The van der Waals surface area contributed by atoms with Crippen LogP contribution in [0.5, 0.6) is 0 Å². The summed E-state index contributed by atoms with van der Waals surface area (Å²) in [5.41, 5.74) is -0.624. The molecule has 0 atom stereocenters. The van der Waals surface area contributed by atoms with Crippen LogP contribution in [0.25, 0.3) is 0 Å². The molecule has 0 aliphatic carbocycles. The maximum Gasteiger partial charge on any atom is 0.416 e. The molecule has 14 heavy (non-hydrogen) atoms. The first kappa shape index (κ1) is 12.3. The molecule has 0 saturated heterocycles. The largest absolute Gasteiger partial charge is 0.416 e. The molecule has 0 amide bonds. The van der Waals surface area contributed by atoms with E-state index in [9.17, 15) is 13.2 Å². The number of hydrogen-bond donors (Lipinski definition) is 0. The van der Waals surface area contributed by atoms with Gasteiger partial charge in [-0.05, 0) is 12.1 Å². The van der Waals surface area contributed by atoms with Gasteiger partial charge in [-0.15, -0.1) is 0 Å². The molecular weight excluding hydrogens is 350 g/mol. The van der Waals surface area contributed by atoms with E-state index in [0.29, 0.717) is 0 Å². The summed E-state index contributed by atoms with van der Waals surface area (Å²) in [6.07, 6.45) is -4.41. The average molecular weight is 353 g/mol. The van der Waals surface area contributed by atoms with Crippen molar-refractivity contribution in [1.29, 1.82) is 0 Å². The third-order valence-corrected chi connectivity index (χ3v) is 2.50. The summed E-state index contributed by atoms with van der Waals surface area (Å²) in [6, 6.07) is 1.72. The zero-order chi connectivity index (χ0) is 10.9. The number of halogens is 6. The number of hydrogen-bond acceptors (Lipinski definition) is 1. The van der Waals surface area contributed by atoms with Gasteiger partial charge in [-0.25, -0.2) is 4.98 Å². The molecule has 0 aromatic carbocycles. The second-order valence-corrected chi connectivity index (χ2v) is 5.85. The third-order valence-electron chi connectivity index (χ3n) is 1.36. The van der Waals surface area contributed by atoms with Crippen molar-refractivity contribution in [3.8, 4) is 0 Å². The lowest BCUT2D eigenvalue weighted by Gasteiger charge is -2.09. The van der Waals surface area contributed by atoms with E-state index in [1.807, 2.05) is 0 Å². The maximum absolute atomic E-state index is 12.3. The van der Waals surface area contributed by atoms with Crippen LogP contribution in [0, 0.1) is 0 Å². The van der Waals surface area contributed by atoms with Gasteiger partial charge in [0.15, 0.2) is 0 Å². The van der Waals surface area contributed by atoms with E-state index in [0.717, 1.165) is 12.1 Å². The SMILES string of the molecule is FC(F)(F)c1cc(Cl)nc(C(Br)Br)c1. The minimum Gasteiger partial charge on any atom is -0.239 e. The third kappa shape index (κ3) is 3.10. The van der Waals surface area contributed by atoms with E-state index in [2.05, 4.69) is 36.8 Å². The lowest BCUT2D eigenvalue weighted by atomic mass is 10.2. The van der Waals surface area contributed by atoms with Crippen LogP contribution < -0.4 is 0 Å². The summed E-state index contributed by atoms with van der Waals surface area (Å²) >= 11 is 11.5. The Balaban J connectivity index is 3.21. The van der Waals surface area contributed by atoms with E-state index in [4.69, 9.17) is 11.6 Å². The van der Waals surface area contributed by atoms with Crippen molar-refractivity contribution in [1.82, 2.24) is 4.98 Å². The monoisotopic (exact) mass is 351 g/mol. The first-order chi connectivity index (χ1) is 6.30. The average Bonchev–Trinajstić information content (AvgIpc) is 2.01. The van der Waals surface area contributed by atoms with Gasteiger partial charge in [0.1, 0.15) is 8.89 Å². The van der Waals surface area contributed by atoms with Crippen molar-refractivity contribution in [3.63, 3.8) is 0 Å². The van der Waals surface area contributed by atoms with E-state index in [1.165, 1.54) is 0 Å². The summed E-state index contributed by atoms with van der Waals surface area (Å²) in [6.45, 7) is 0. The molecule has 1 aromatic heterocycles. The number of rotatable bonds is 1. The van der Waals surface area contributed by atoms with E-state index in [-0.39, 0.29) is 10.8 Å². The van der Waals surface area contributed by atoms with Gasteiger partial charge in [-0.1, -0.05) is 43.5 Å². The highest BCUT2D eigenvalue weighted by Crippen LogP contribution is 2.35. The summed E-state index contributed by atoms with van der Waals surface area (Å²) in [5, 5.41) is -0.182. The Morgan fingerprint density at radius 2 is 1.86 bits per heavy atom. The zero-order valence-electron chi connectivity index (χ0n) is 6.45. The van der Waals surface area contributed by atoms with Gasteiger partial charge in [0.05, 0.1) is 11.3 Å². The van der Waals surface area contributed by atoms with Crippen molar-refractivity contribution in [3.05, 3.63) is 28.5 Å². The fraction of sp³-hybridized carbons (Fsp3) is 0.286. The number of nitrogens with zero attached hydrogens (tertiary/aromatic N) is 1. The number of aromatic nitrogens is 1. The standard InChI is InChI=1S/C7H3Br2ClF3N/c8-6(9)4-1-3(7(11,12)13)2-5(10)14-4/h1-2,6H. The maximum atomic E-state index is 12.3. The van der Waals surface area contributed by atoms with Crippen LogP contribution in [0.1, 0.15) is 15.0 Å². The zero-order valence-corrected chi connectivity index (χ0v) is 10.4. The van der Waals surface area contributed by atoms with Gasteiger partial charge in [-0.2, -0.15) is 13.2 Å². The van der Waals surface area contributed by atoms with Crippen LogP contribution in [0.3, 0.4) is 0 Å². The Hall–Kier alpha value is 0.190. The molecule has 0 aliphatic rings. The molecule has 0 saturated carbocycles. The molecule has 1 rings (SSSR count). The van der Waals surface area contributed by atoms with Crippen molar-refractivity contribution < 1.29 is 13.2 Å². The summed E-state index contributed by atoms with van der Waals surface area (Å²) in [5.74, 6) is 0. The van der Waals surface area contributed by atoms with Gasteiger partial charge < -0.3 is 0 Å². The lowest BCUT2D eigenvalue weighted by molar-refractivity contribution is -0.137. The van der Waals surface area contributed by atoms with Crippen LogP contribution in [0.2, 0.25) is 5.15 Å². The van der Waals surface area contributed by atoms with Gasteiger partial charge >= 0.3 is 6.18 Å². The molecule has 1 heterocycles. The molecule has 0 bridgehead atoms. The molecule has 0 unspecified atom stereocenters. The molecule has 78 valence electrons. The minimum absolute atomic E-state index is 0.182. The molecule has 1 nitrogen and oxygen atoms in total. The van der Waals surface area contributed by atoms with E-state index in [1.54, 1.807) is 0 Å². The highest BCUT2D eigenvalue weighted by atomic mass is 79.9. The minimum atomic E-state index is -4.41. The first-order valence-corrected chi connectivity index (χ1v) is 5.54. The molecule has 1 aromatic rings. The summed E-state index contributed by atoms with van der Waals surface area (Å²) < 4.78 is 36.4. The van der Waals surface area contributed by atoms with E-state index < -0.39 is 15.5 Å². The molecular formula is C7H3Br2ClF3N. The second kappa shape index (κ2) is 4.37. The Morgan fingerprint density at radius 1 is 1.29 bits per heavy atom. The van der Waals surface area contributed by atoms with E-state index >= 15 is 0 Å². The second-order valence-electron chi connectivity index (χ2n) is 2.40. The Morgan fingerprint density at radius 3 is 2.29 bits per heavy atom. The molecule has 7 heteroatoms. The van der Waals surface area contributed by atoms with Crippen molar-refractivity contribution in [2.75, 3.05) is 0 Å². The van der Waals surface area contributed by atoms with Crippen LogP contribution in [-0.4, -0.2) is 4.98 Å². The van der Waals surface area contributed by atoms with Gasteiger partial charge in [0.2, 0.25) is 0 Å². The molecule has 0 aliphatic heterocycles. The van der Waals surface area contributed by atoms with Gasteiger partial charge in [-0.3, -0.25) is 0 Å². The quantitative estimate of drug-likeness (QED) is 0.533. The van der Waals surface area contributed by atoms with Crippen LogP contribution >= 0.6 is 43.5 Å². The van der Waals surface area contributed by atoms with Crippen molar-refractivity contribution in [2.45, 2.75) is 9.91 Å². The summed E-state index contributed by atoms with van der Waals surface area (Å²) in [4.78, 5) is 3.72. The molecule has 0 N–H and O–H groups in total. The van der Waals surface area contributed by atoms with Crippen molar-refractivity contribution in [2.24, 2.45) is 0 Å². The Bertz CT molecular complexity index is 340. The highest BCUT2D eigenvalue weighted by Gasteiger charge is 2.31. The fourth-order valence-corrected chi connectivity index (χ4v) is 1.48. The molecule has 0 spiro atoms. The van der Waals surface area contributed by atoms with Crippen molar-refractivity contribution >= 4 is 43.5 Å². The fourth-order valence-electron chi connectivity index (χ4n) is 0.793. The Kier molecular flexibility index (Phi) is 3.82. The molecule has 0 fully saturated rings. The number of pyridine rings is 1. The normalized spacial score (nSPS) is 12.2. The van der Waals surface area contributed by atoms with Crippen LogP contribution in [0.4, 0.5) is 13.2 Å².